The Morgan fingerprint density at radius 3 is 2.46 bits per heavy atom. The minimum atomic E-state index is -0.0888. The van der Waals surface area contributed by atoms with Gasteiger partial charge >= 0.3 is 6.03 Å². The Morgan fingerprint density at radius 2 is 1.71 bits per heavy atom. The maximum atomic E-state index is 12.4. The number of unbranched alkanes of at least 4 members (excludes halogenated alkanes) is 1. The van der Waals surface area contributed by atoms with Crippen molar-refractivity contribution in [2.45, 2.75) is 58.3 Å². The summed E-state index contributed by atoms with van der Waals surface area (Å²) in [6, 6.07) is 8.10. The molecule has 2 aliphatic rings. The van der Waals surface area contributed by atoms with Gasteiger partial charge in [0, 0.05) is 19.6 Å². The van der Waals surface area contributed by atoms with Crippen molar-refractivity contribution in [2.24, 2.45) is 5.92 Å². The van der Waals surface area contributed by atoms with E-state index >= 15 is 0 Å². The van der Waals surface area contributed by atoms with Gasteiger partial charge in [0.1, 0.15) is 0 Å². The number of likely N-dealkylation sites (tertiary alicyclic amines) is 1. The summed E-state index contributed by atoms with van der Waals surface area (Å²) in [5.74, 6) is 0.888. The summed E-state index contributed by atoms with van der Waals surface area (Å²) in [6.07, 6.45) is 9.93. The maximum absolute atomic E-state index is 12.4. The van der Waals surface area contributed by atoms with Crippen molar-refractivity contribution in [2.75, 3.05) is 49.5 Å². The van der Waals surface area contributed by atoms with E-state index in [4.69, 9.17) is 0 Å². The van der Waals surface area contributed by atoms with Gasteiger partial charge in [-0.15, -0.1) is 0 Å². The summed E-state index contributed by atoms with van der Waals surface area (Å²) in [5.41, 5.74) is 2.07. The predicted octanol–water partition coefficient (Wildman–Crippen LogP) is 4.70. The van der Waals surface area contributed by atoms with Crippen LogP contribution >= 0.6 is 0 Å². The number of piperidine rings is 1. The van der Waals surface area contributed by atoms with E-state index in [1.807, 2.05) is 12.1 Å². The van der Waals surface area contributed by atoms with E-state index in [-0.39, 0.29) is 6.03 Å². The lowest BCUT2D eigenvalue weighted by Gasteiger charge is -2.30. The van der Waals surface area contributed by atoms with Crippen LogP contribution in [0.15, 0.2) is 24.3 Å². The molecule has 2 fully saturated rings. The van der Waals surface area contributed by atoms with E-state index in [0.29, 0.717) is 0 Å². The fourth-order valence-corrected chi connectivity index (χ4v) is 4.28. The molecule has 2 aliphatic heterocycles. The summed E-state index contributed by atoms with van der Waals surface area (Å²) in [6.45, 7) is 8.89. The number of nitrogens with one attached hydrogen (secondary N) is 2. The quantitative estimate of drug-likeness (QED) is 0.668. The minimum Gasteiger partial charge on any atom is -0.370 e. The second-order valence-electron chi connectivity index (χ2n) is 8.53. The number of hydrogen-bond donors (Lipinski definition) is 2. The van der Waals surface area contributed by atoms with Crippen molar-refractivity contribution in [3.05, 3.63) is 24.3 Å². The molecule has 3 rings (SSSR count). The number of benzene rings is 1. The molecule has 5 nitrogen and oxygen atoms in total. The first kappa shape index (κ1) is 21.0. The first-order chi connectivity index (χ1) is 13.7. The molecule has 0 atom stereocenters. The average Bonchev–Trinajstić information content (AvgIpc) is 2.99. The Kier molecular flexibility index (Phi) is 8.46. The first-order valence-corrected chi connectivity index (χ1v) is 11.3. The molecule has 0 bridgehead atoms. The molecule has 1 aromatic carbocycles. The van der Waals surface area contributed by atoms with Crippen molar-refractivity contribution in [3.8, 4) is 0 Å². The number of para-hydroxylation sites is 2. The molecule has 5 heteroatoms. The number of carbonyl (C=O) groups is 1. The zero-order valence-electron chi connectivity index (χ0n) is 17.6. The highest BCUT2D eigenvalue weighted by Gasteiger charge is 2.16. The number of amides is 2. The SMILES string of the molecule is CC1CCN(CCCCNC(=O)Nc2ccccc2N2CCCCCC2)CC1. The van der Waals surface area contributed by atoms with Gasteiger partial charge in [-0.1, -0.05) is 31.9 Å². The zero-order chi connectivity index (χ0) is 19.6. The van der Waals surface area contributed by atoms with Gasteiger partial charge < -0.3 is 20.4 Å². The standard InChI is InChI=1S/C23H38N4O/c1-20-12-18-26(19-13-20)15-9-6-14-24-23(28)25-21-10-4-5-11-22(21)27-16-7-2-3-8-17-27/h4-5,10-11,20H,2-3,6-9,12-19H2,1H3,(H2,24,25,28). The summed E-state index contributed by atoms with van der Waals surface area (Å²) in [5, 5.41) is 6.10. The highest BCUT2D eigenvalue weighted by molar-refractivity contribution is 5.93. The van der Waals surface area contributed by atoms with Crippen molar-refractivity contribution >= 4 is 17.4 Å². The molecule has 0 spiro atoms. The average molecular weight is 387 g/mol. The van der Waals surface area contributed by atoms with E-state index in [9.17, 15) is 4.79 Å². The Labute approximate surface area is 170 Å². The van der Waals surface area contributed by atoms with Crippen molar-refractivity contribution in [3.63, 3.8) is 0 Å². The third-order valence-electron chi connectivity index (χ3n) is 6.16. The van der Waals surface area contributed by atoms with Gasteiger partial charge in [0.15, 0.2) is 0 Å². The van der Waals surface area contributed by atoms with Gasteiger partial charge in [-0.3, -0.25) is 0 Å². The van der Waals surface area contributed by atoms with Gasteiger partial charge in [0.2, 0.25) is 0 Å². The van der Waals surface area contributed by atoms with Crippen LogP contribution < -0.4 is 15.5 Å². The summed E-state index contributed by atoms with van der Waals surface area (Å²) >= 11 is 0. The molecule has 2 N–H and O–H groups in total. The monoisotopic (exact) mass is 386 g/mol. The third kappa shape index (κ3) is 6.69. The van der Waals surface area contributed by atoms with Crippen LogP contribution in [-0.2, 0) is 0 Å². The fourth-order valence-electron chi connectivity index (χ4n) is 4.28. The number of urea groups is 1. The molecule has 2 amide bonds. The number of nitrogens with zero attached hydrogens (tertiary/aromatic N) is 2. The van der Waals surface area contributed by atoms with Crippen molar-refractivity contribution < 1.29 is 4.79 Å². The summed E-state index contributed by atoms with van der Waals surface area (Å²) in [4.78, 5) is 17.4. The van der Waals surface area contributed by atoms with Crippen molar-refractivity contribution in [1.82, 2.24) is 10.2 Å². The first-order valence-electron chi connectivity index (χ1n) is 11.3. The topological polar surface area (TPSA) is 47.6 Å². The van der Waals surface area contributed by atoms with Crippen LogP contribution in [0.1, 0.15) is 58.3 Å². The molecule has 0 radical (unpaired) electrons. The van der Waals surface area contributed by atoms with Crippen LogP contribution in [0.3, 0.4) is 0 Å². The van der Waals surface area contributed by atoms with E-state index in [2.05, 4.69) is 39.5 Å². The lowest BCUT2D eigenvalue weighted by molar-refractivity contribution is 0.189. The molecule has 0 unspecified atom stereocenters. The molecule has 0 saturated carbocycles. The van der Waals surface area contributed by atoms with Gasteiger partial charge in [-0.25, -0.2) is 4.79 Å². The van der Waals surface area contributed by atoms with Crippen LogP contribution in [0.5, 0.6) is 0 Å². The van der Waals surface area contributed by atoms with Crippen molar-refractivity contribution in [1.29, 1.82) is 0 Å². The smallest absolute Gasteiger partial charge is 0.319 e. The van der Waals surface area contributed by atoms with Gasteiger partial charge in [-0.05, 0) is 76.2 Å². The van der Waals surface area contributed by atoms with Crippen LogP contribution in [0.2, 0.25) is 0 Å². The Bertz CT molecular complexity index is 590. The Morgan fingerprint density at radius 1 is 1.00 bits per heavy atom. The lowest BCUT2D eigenvalue weighted by Crippen LogP contribution is -2.34. The van der Waals surface area contributed by atoms with Crippen LogP contribution in [-0.4, -0.2) is 50.2 Å². The largest absolute Gasteiger partial charge is 0.370 e. The molecule has 2 heterocycles. The van der Waals surface area contributed by atoms with Crippen LogP contribution in [0.4, 0.5) is 16.2 Å². The molecule has 0 aromatic heterocycles. The van der Waals surface area contributed by atoms with Crippen LogP contribution in [0, 0.1) is 5.92 Å². The lowest BCUT2D eigenvalue weighted by atomic mass is 9.99. The second-order valence-corrected chi connectivity index (χ2v) is 8.53. The van der Waals surface area contributed by atoms with E-state index in [1.165, 1.54) is 51.6 Å². The summed E-state index contributed by atoms with van der Waals surface area (Å²) < 4.78 is 0. The third-order valence-corrected chi connectivity index (χ3v) is 6.16. The normalized spacial score (nSPS) is 19.2. The fraction of sp³-hybridized carbons (Fsp3) is 0.696. The molecule has 156 valence electrons. The molecule has 1 aromatic rings. The summed E-state index contributed by atoms with van der Waals surface area (Å²) in [7, 11) is 0. The predicted molar refractivity (Wildman–Crippen MR) is 118 cm³/mol. The molecule has 0 aliphatic carbocycles. The maximum Gasteiger partial charge on any atom is 0.319 e. The molecule has 28 heavy (non-hydrogen) atoms. The molecular formula is C23H38N4O. The van der Waals surface area contributed by atoms with E-state index in [0.717, 1.165) is 56.3 Å². The minimum absolute atomic E-state index is 0.0888. The Balaban J connectivity index is 1.37. The second kappa shape index (κ2) is 11.3. The van der Waals surface area contributed by atoms with Crippen LogP contribution in [0.25, 0.3) is 0 Å². The highest BCUT2D eigenvalue weighted by Crippen LogP contribution is 2.27. The van der Waals surface area contributed by atoms with E-state index < -0.39 is 0 Å². The molecular weight excluding hydrogens is 348 g/mol. The number of hydrogen-bond acceptors (Lipinski definition) is 3. The Hall–Kier alpha value is -1.75. The number of anilines is 2. The number of rotatable bonds is 7. The van der Waals surface area contributed by atoms with Gasteiger partial charge in [0.05, 0.1) is 11.4 Å². The molecule has 2 saturated heterocycles. The zero-order valence-corrected chi connectivity index (χ0v) is 17.6. The number of carbonyl (C=O) groups excluding carboxylic acids is 1. The van der Waals surface area contributed by atoms with Gasteiger partial charge in [0.25, 0.3) is 0 Å². The highest BCUT2D eigenvalue weighted by atomic mass is 16.2. The van der Waals surface area contributed by atoms with E-state index in [1.54, 1.807) is 0 Å². The van der Waals surface area contributed by atoms with Gasteiger partial charge in [-0.2, -0.15) is 0 Å².